The monoisotopic (exact) mass is 302 g/mol. The summed E-state index contributed by atoms with van der Waals surface area (Å²) in [4.78, 5) is 23.7. The third kappa shape index (κ3) is 3.92. The van der Waals surface area contributed by atoms with Gasteiger partial charge in [0.2, 0.25) is 0 Å². The maximum Gasteiger partial charge on any atom is 0.313 e. The quantitative estimate of drug-likeness (QED) is 0.484. The molecule has 0 spiro atoms. The zero-order valence-corrected chi connectivity index (χ0v) is 12.6. The van der Waals surface area contributed by atoms with Gasteiger partial charge in [-0.2, -0.15) is 0 Å². The van der Waals surface area contributed by atoms with Crippen LogP contribution >= 0.6 is 11.6 Å². The normalized spacial score (nSPS) is 10.5. The Morgan fingerprint density at radius 3 is 1.86 bits per heavy atom. The smallest absolute Gasteiger partial charge is 0.313 e. The number of ether oxygens (including phenoxy) is 1. The fraction of sp³-hybridized carbons (Fsp3) is 0.176. The van der Waals surface area contributed by atoms with E-state index in [2.05, 4.69) is 0 Å². The third-order valence-electron chi connectivity index (χ3n) is 2.91. The predicted octanol–water partition coefficient (Wildman–Crippen LogP) is 4.13. The molecule has 2 rings (SSSR count). The maximum absolute atomic E-state index is 12.2. The average molecular weight is 303 g/mol. The molecule has 0 heterocycles. The minimum atomic E-state index is -0.299. The minimum Gasteiger partial charge on any atom is -0.426 e. The van der Waals surface area contributed by atoms with Gasteiger partial charge in [0.05, 0.1) is 5.92 Å². The van der Waals surface area contributed by atoms with Crippen molar-refractivity contribution in [1.29, 1.82) is 0 Å². The van der Waals surface area contributed by atoms with Gasteiger partial charge in [0.15, 0.2) is 5.78 Å². The lowest BCUT2D eigenvalue weighted by Gasteiger charge is -2.07. The molecule has 0 N–H and O–H groups in total. The van der Waals surface area contributed by atoms with Crippen LogP contribution in [0.15, 0.2) is 48.5 Å². The molecule has 0 aromatic heterocycles. The Balaban J connectivity index is 2.13. The molecular weight excluding hydrogens is 288 g/mol. The minimum absolute atomic E-state index is 0.103. The fourth-order valence-electron chi connectivity index (χ4n) is 1.68. The molecule has 4 heteroatoms. The molecule has 0 amide bonds. The Kier molecular flexibility index (Phi) is 4.76. The van der Waals surface area contributed by atoms with Crippen LogP contribution in [0.4, 0.5) is 0 Å². The number of esters is 1. The van der Waals surface area contributed by atoms with Gasteiger partial charge >= 0.3 is 5.97 Å². The zero-order valence-electron chi connectivity index (χ0n) is 11.8. The van der Waals surface area contributed by atoms with Crippen molar-refractivity contribution in [3.63, 3.8) is 0 Å². The van der Waals surface area contributed by atoms with E-state index in [1.54, 1.807) is 62.4 Å². The molecule has 0 unspecified atom stereocenters. The van der Waals surface area contributed by atoms with E-state index in [1.807, 2.05) is 0 Å². The van der Waals surface area contributed by atoms with E-state index < -0.39 is 0 Å². The Morgan fingerprint density at radius 2 is 1.38 bits per heavy atom. The first-order valence-corrected chi connectivity index (χ1v) is 6.97. The first-order chi connectivity index (χ1) is 9.97. The third-order valence-corrected chi connectivity index (χ3v) is 3.16. The molecule has 0 aliphatic rings. The number of benzene rings is 2. The van der Waals surface area contributed by atoms with E-state index in [0.29, 0.717) is 21.9 Å². The Bertz CT molecular complexity index is 643. The van der Waals surface area contributed by atoms with Gasteiger partial charge in [0, 0.05) is 16.1 Å². The first kappa shape index (κ1) is 15.3. The molecule has 0 radical (unpaired) electrons. The van der Waals surface area contributed by atoms with Crippen molar-refractivity contribution in [3.05, 3.63) is 64.7 Å². The molecule has 2 aromatic carbocycles. The first-order valence-electron chi connectivity index (χ1n) is 6.59. The summed E-state index contributed by atoms with van der Waals surface area (Å²) in [5.41, 5.74) is 1.09. The Labute approximate surface area is 128 Å². The molecule has 0 atom stereocenters. The summed E-state index contributed by atoms with van der Waals surface area (Å²) in [5.74, 6) is -0.165. The SMILES string of the molecule is CC(C)C(=O)Oc1ccc(C(=O)c2ccc(Cl)cc2)cc1. The summed E-state index contributed by atoms with van der Waals surface area (Å²) in [5, 5.41) is 0.586. The van der Waals surface area contributed by atoms with E-state index >= 15 is 0 Å². The summed E-state index contributed by atoms with van der Waals surface area (Å²) < 4.78 is 5.16. The maximum atomic E-state index is 12.2. The van der Waals surface area contributed by atoms with Crippen LogP contribution in [-0.2, 0) is 4.79 Å². The van der Waals surface area contributed by atoms with Crippen LogP contribution in [0.3, 0.4) is 0 Å². The number of hydrogen-bond donors (Lipinski definition) is 0. The number of hydrogen-bond acceptors (Lipinski definition) is 3. The van der Waals surface area contributed by atoms with Crippen molar-refractivity contribution in [2.75, 3.05) is 0 Å². The van der Waals surface area contributed by atoms with Crippen LogP contribution in [0.1, 0.15) is 29.8 Å². The highest BCUT2D eigenvalue weighted by Gasteiger charge is 2.12. The Hall–Kier alpha value is -2.13. The summed E-state index contributed by atoms with van der Waals surface area (Å²) >= 11 is 5.80. The number of halogens is 1. The van der Waals surface area contributed by atoms with Gasteiger partial charge in [-0.3, -0.25) is 9.59 Å². The lowest BCUT2D eigenvalue weighted by Crippen LogP contribution is -2.14. The van der Waals surface area contributed by atoms with Crippen molar-refractivity contribution in [1.82, 2.24) is 0 Å². The predicted molar refractivity (Wildman–Crippen MR) is 81.8 cm³/mol. The van der Waals surface area contributed by atoms with Crippen molar-refractivity contribution in [2.24, 2.45) is 5.92 Å². The topological polar surface area (TPSA) is 43.4 Å². The molecule has 108 valence electrons. The van der Waals surface area contributed by atoms with Gasteiger partial charge in [-0.25, -0.2) is 0 Å². The molecule has 0 aliphatic carbocycles. The summed E-state index contributed by atoms with van der Waals surface area (Å²) in [6, 6.07) is 13.2. The van der Waals surface area contributed by atoms with Crippen molar-refractivity contribution < 1.29 is 14.3 Å². The average Bonchev–Trinajstić information content (AvgIpc) is 2.48. The van der Waals surface area contributed by atoms with E-state index in [0.717, 1.165) is 0 Å². The summed E-state index contributed by atoms with van der Waals surface area (Å²) in [7, 11) is 0. The van der Waals surface area contributed by atoms with Gasteiger partial charge < -0.3 is 4.74 Å². The summed E-state index contributed by atoms with van der Waals surface area (Å²) in [6.07, 6.45) is 0. The molecule has 0 saturated carbocycles. The molecule has 3 nitrogen and oxygen atoms in total. The highest BCUT2D eigenvalue weighted by molar-refractivity contribution is 6.30. The number of carbonyl (C=O) groups excluding carboxylic acids is 2. The lowest BCUT2D eigenvalue weighted by molar-refractivity contribution is -0.137. The van der Waals surface area contributed by atoms with E-state index in [1.165, 1.54) is 0 Å². The second-order valence-corrected chi connectivity index (χ2v) is 5.37. The van der Waals surface area contributed by atoms with Crippen LogP contribution in [-0.4, -0.2) is 11.8 Å². The Morgan fingerprint density at radius 1 is 0.905 bits per heavy atom. The molecule has 2 aromatic rings. The van der Waals surface area contributed by atoms with Crippen molar-refractivity contribution in [3.8, 4) is 5.75 Å². The van der Waals surface area contributed by atoms with Crippen LogP contribution < -0.4 is 4.74 Å². The van der Waals surface area contributed by atoms with Crippen molar-refractivity contribution in [2.45, 2.75) is 13.8 Å². The molecular formula is C17H15ClO3. The van der Waals surface area contributed by atoms with Gasteiger partial charge in [-0.05, 0) is 48.5 Å². The summed E-state index contributed by atoms with van der Waals surface area (Å²) in [6.45, 7) is 3.53. The van der Waals surface area contributed by atoms with Crippen LogP contribution in [0.5, 0.6) is 5.75 Å². The van der Waals surface area contributed by atoms with Gasteiger partial charge in [0.1, 0.15) is 5.75 Å². The molecule has 0 bridgehead atoms. The van der Waals surface area contributed by atoms with Crippen LogP contribution in [0.2, 0.25) is 5.02 Å². The number of ketones is 1. The van der Waals surface area contributed by atoms with E-state index in [4.69, 9.17) is 16.3 Å². The van der Waals surface area contributed by atoms with E-state index in [-0.39, 0.29) is 17.7 Å². The lowest BCUT2D eigenvalue weighted by atomic mass is 10.0. The van der Waals surface area contributed by atoms with Crippen LogP contribution in [0.25, 0.3) is 0 Å². The second-order valence-electron chi connectivity index (χ2n) is 4.94. The van der Waals surface area contributed by atoms with E-state index in [9.17, 15) is 9.59 Å². The molecule has 0 fully saturated rings. The molecule has 0 aliphatic heterocycles. The van der Waals surface area contributed by atoms with Crippen LogP contribution in [0, 0.1) is 5.92 Å². The fourth-order valence-corrected chi connectivity index (χ4v) is 1.80. The highest BCUT2D eigenvalue weighted by atomic mass is 35.5. The standard InChI is InChI=1S/C17H15ClO3/c1-11(2)17(20)21-15-9-5-13(6-10-15)16(19)12-3-7-14(18)8-4-12/h3-11H,1-2H3. The molecule has 21 heavy (non-hydrogen) atoms. The number of carbonyl (C=O) groups is 2. The van der Waals surface area contributed by atoms with Gasteiger partial charge in [0.25, 0.3) is 0 Å². The number of rotatable bonds is 4. The largest absolute Gasteiger partial charge is 0.426 e. The molecule has 0 saturated heterocycles. The van der Waals surface area contributed by atoms with Crippen molar-refractivity contribution >= 4 is 23.4 Å². The second kappa shape index (κ2) is 6.55. The highest BCUT2D eigenvalue weighted by Crippen LogP contribution is 2.18. The zero-order chi connectivity index (χ0) is 15.4. The van der Waals surface area contributed by atoms with Gasteiger partial charge in [-0.1, -0.05) is 25.4 Å². The van der Waals surface area contributed by atoms with Gasteiger partial charge in [-0.15, -0.1) is 0 Å².